The van der Waals surface area contributed by atoms with Gasteiger partial charge in [0.1, 0.15) is 5.60 Å². The highest BCUT2D eigenvalue weighted by Crippen LogP contribution is 2.36. The number of carbonyl (C=O) groups excluding carboxylic acids is 1. The van der Waals surface area contributed by atoms with Crippen molar-refractivity contribution >= 4 is 17.4 Å². The van der Waals surface area contributed by atoms with Gasteiger partial charge in [0.15, 0.2) is 0 Å². The third-order valence-corrected chi connectivity index (χ3v) is 6.07. The van der Waals surface area contributed by atoms with Crippen LogP contribution >= 0.6 is 0 Å². The Morgan fingerprint density at radius 3 is 2.43 bits per heavy atom. The number of hydrogen-bond donors (Lipinski definition) is 2. The number of urea groups is 1. The van der Waals surface area contributed by atoms with Crippen molar-refractivity contribution in [3.63, 3.8) is 0 Å². The molecule has 0 saturated carbocycles. The van der Waals surface area contributed by atoms with Crippen LogP contribution in [0.3, 0.4) is 0 Å². The largest absolute Gasteiger partial charge is 0.324 e. The van der Waals surface area contributed by atoms with Crippen molar-refractivity contribution in [2.75, 3.05) is 18.4 Å². The molecule has 2 amide bonds. The number of piperidine rings is 1. The first-order valence-corrected chi connectivity index (χ1v) is 10.7. The van der Waals surface area contributed by atoms with Crippen molar-refractivity contribution in [1.29, 1.82) is 0 Å². The van der Waals surface area contributed by atoms with Gasteiger partial charge in [-0.1, -0.05) is 69.3 Å². The molecule has 2 N–H and O–H groups in total. The number of hydroxylamine groups is 1. The highest BCUT2D eigenvalue weighted by molar-refractivity contribution is 5.91. The summed E-state index contributed by atoms with van der Waals surface area (Å²) < 4.78 is 0. The number of likely N-dealkylation sites (tertiary alicyclic amines) is 1. The first-order chi connectivity index (χ1) is 14.3. The second-order valence-corrected chi connectivity index (χ2v) is 9.36. The van der Waals surface area contributed by atoms with Gasteiger partial charge < -0.3 is 10.2 Å². The zero-order valence-corrected chi connectivity index (χ0v) is 18.3. The lowest BCUT2D eigenvalue weighted by molar-refractivity contribution is -0.0634. The Balaban J connectivity index is 1.43. The van der Waals surface area contributed by atoms with Crippen LogP contribution in [0.15, 0.2) is 54.6 Å². The van der Waals surface area contributed by atoms with Crippen LogP contribution in [0.4, 0.5) is 10.5 Å². The van der Waals surface area contributed by atoms with Crippen LogP contribution in [-0.2, 0) is 10.3 Å². The summed E-state index contributed by atoms with van der Waals surface area (Å²) in [7, 11) is 0. The third-order valence-electron chi connectivity index (χ3n) is 6.07. The summed E-state index contributed by atoms with van der Waals surface area (Å²) in [6.45, 7) is 9.87. The van der Waals surface area contributed by atoms with Gasteiger partial charge in [-0.05, 0) is 35.1 Å². The maximum Gasteiger partial charge on any atom is 0.321 e. The molecule has 2 aromatic rings. The molecular weight excluding hydrogens is 374 g/mol. The van der Waals surface area contributed by atoms with Crippen LogP contribution in [-0.4, -0.2) is 29.6 Å². The number of benzene rings is 2. The first kappa shape index (κ1) is 20.5. The van der Waals surface area contributed by atoms with Crippen molar-refractivity contribution in [2.45, 2.75) is 51.6 Å². The van der Waals surface area contributed by atoms with E-state index < -0.39 is 0 Å². The molecule has 2 aliphatic rings. The summed E-state index contributed by atoms with van der Waals surface area (Å²) in [6, 6.07) is 16.3. The van der Waals surface area contributed by atoms with Gasteiger partial charge in [0, 0.05) is 31.6 Å². The van der Waals surface area contributed by atoms with Crippen molar-refractivity contribution in [2.24, 2.45) is 0 Å². The fourth-order valence-electron chi connectivity index (χ4n) is 4.22. The molecule has 2 heterocycles. The summed E-state index contributed by atoms with van der Waals surface area (Å²) >= 11 is 0. The molecule has 30 heavy (non-hydrogen) atoms. The molecule has 5 nitrogen and oxygen atoms in total. The van der Waals surface area contributed by atoms with E-state index in [1.54, 1.807) is 0 Å². The number of aryl methyl sites for hydroxylation is 1. The Bertz CT molecular complexity index is 952. The van der Waals surface area contributed by atoms with E-state index in [1.165, 1.54) is 0 Å². The Morgan fingerprint density at radius 2 is 1.77 bits per heavy atom. The zero-order chi connectivity index (χ0) is 21.4. The lowest BCUT2D eigenvalue weighted by Crippen LogP contribution is -2.48. The maximum atomic E-state index is 13.0. The number of rotatable bonds is 2. The molecule has 0 unspecified atom stereocenters. The Kier molecular flexibility index (Phi) is 5.33. The second-order valence-electron chi connectivity index (χ2n) is 9.36. The van der Waals surface area contributed by atoms with Crippen molar-refractivity contribution in [1.82, 2.24) is 10.4 Å². The highest BCUT2D eigenvalue weighted by atomic mass is 16.7. The third kappa shape index (κ3) is 4.08. The van der Waals surface area contributed by atoms with Crippen molar-refractivity contribution < 1.29 is 9.63 Å². The molecule has 0 radical (unpaired) electrons. The predicted octanol–water partition coefficient (Wildman–Crippen LogP) is 5.23. The molecule has 5 heteroatoms. The summed E-state index contributed by atoms with van der Waals surface area (Å²) in [5, 5.41) is 3.18. The topological polar surface area (TPSA) is 53.6 Å². The van der Waals surface area contributed by atoms with Gasteiger partial charge in [-0.25, -0.2) is 4.79 Å². The molecule has 2 aliphatic heterocycles. The molecule has 0 atom stereocenters. The van der Waals surface area contributed by atoms with Gasteiger partial charge in [0.25, 0.3) is 0 Å². The summed E-state index contributed by atoms with van der Waals surface area (Å²) in [5.41, 5.74) is 8.00. The molecule has 0 aromatic heterocycles. The lowest BCUT2D eigenvalue weighted by atomic mass is 9.84. The van der Waals surface area contributed by atoms with E-state index in [1.807, 2.05) is 36.1 Å². The van der Waals surface area contributed by atoms with Gasteiger partial charge >= 0.3 is 6.03 Å². The molecule has 1 saturated heterocycles. The van der Waals surface area contributed by atoms with Crippen molar-refractivity contribution in [3.8, 4) is 0 Å². The number of para-hydroxylation sites is 1. The fraction of sp³-hybridized carbons (Fsp3) is 0.400. The summed E-state index contributed by atoms with van der Waals surface area (Å²) in [5.74, 6) is 0. The quantitative estimate of drug-likeness (QED) is 0.719. The highest BCUT2D eigenvalue weighted by Gasteiger charge is 2.40. The van der Waals surface area contributed by atoms with E-state index in [2.05, 4.69) is 61.9 Å². The minimum absolute atomic E-state index is 0.0390. The van der Waals surface area contributed by atoms with Gasteiger partial charge in [0.05, 0.1) is 5.70 Å². The lowest BCUT2D eigenvalue weighted by Gasteiger charge is -2.37. The van der Waals surface area contributed by atoms with Crippen LogP contribution in [0.5, 0.6) is 0 Å². The smallest absolute Gasteiger partial charge is 0.321 e. The standard InChI is InChI=1S/C25H31N3O2/c1-18-9-8-12-20(24(2,3)4)22(18)26-23(29)28-15-13-25(14-16-28)17-21(27-30-25)19-10-6-5-7-11-19/h5-12,17,27H,13-16H2,1-4H3,(H,26,29). The van der Waals surface area contributed by atoms with Gasteiger partial charge in [0.2, 0.25) is 0 Å². The second kappa shape index (κ2) is 7.80. The molecular formula is C25H31N3O2. The average molecular weight is 406 g/mol. The number of nitrogens with zero attached hydrogens (tertiary/aromatic N) is 1. The number of amides is 2. The van der Waals surface area contributed by atoms with Gasteiger partial charge in [-0.15, -0.1) is 0 Å². The zero-order valence-electron chi connectivity index (χ0n) is 18.3. The predicted molar refractivity (Wildman–Crippen MR) is 121 cm³/mol. The van der Waals surface area contributed by atoms with Crippen LogP contribution in [0.2, 0.25) is 0 Å². The van der Waals surface area contributed by atoms with E-state index >= 15 is 0 Å². The minimum Gasteiger partial charge on any atom is -0.324 e. The van der Waals surface area contributed by atoms with Crippen LogP contribution < -0.4 is 10.8 Å². The molecule has 158 valence electrons. The average Bonchev–Trinajstić information content (AvgIpc) is 3.13. The molecule has 0 bridgehead atoms. The summed E-state index contributed by atoms with van der Waals surface area (Å²) in [6.07, 6.45) is 3.71. The Morgan fingerprint density at radius 1 is 1.07 bits per heavy atom. The Hall–Kier alpha value is -2.79. The van der Waals surface area contributed by atoms with Crippen molar-refractivity contribution in [3.05, 3.63) is 71.3 Å². The first-order valence-electron chi connectivity index (χ1n) is 10.7. The van der Waals surface area contributed by atoms with Crippen LogP contribution in [0.1, 0.15) is 50.3 Å². The van der Waals surface area contributed by atoms with E-state index in [0.717, 1.165) is 40.9 Å². The number of nitrogens with one attached hydrogen (secondary N) is 2. The maximum absolute atomic E-state index is 13.0. The Labute approximate surface area is 179 Å². The number of anilines is 1. The SMILES string of the molecule is Cc1cccc(C(C)(C)C)c1NC(=O)N1CCC2(C=C(c3ccccc3)NO2)CC1. The molecule has 2 aromatic carbocycles. The number of carbonyl (C=O) groups is 1. The number of hydrogen-bond acceptors (Lipinski definition) is 3. The van der Waals surface area contributed by atoms with E-state index in [9.17, 15) is 4.79 Å². The van der Waals surface area contributed by atoms with Crippen LogP contribution in [0.25, 0.3) is 5.70 Å². The summed E-state index contributed by atoms with van der Waals surface area (Å²) in [4.78, 5) is 20.9. The van der Waals surface area contributed by atoms with E-state index in [4.69, 9.17) is 4.84 Å². The molecule has 1 spiro atoms. The molecule has 4 rings (SSSR count). The minimum atomic E-state index is -0.346. The van der Waals surface area contributed by atoms with Gasteiger partial charge in [-0.3, -0.25) is 10.3 Å². The monoisotopic (exact) mass is 405 g/mol. The van der Waals surface area contributed by atoms with E-state index in [0.29, 0.717) is 13.1 Å². The normalized spacial score (nSPS) is 18.1. The molecule has 1 fully saturated rings. The van der Waals surface area contributed by atoms with Crippen LogP contribution in [0, 0.1) is 6.92 Å². The van der Waals surface area contributed by atoms with Gasteiger partial charge in [-0.2, -0.15) is 0 Å². The molecule has 0 aliphatic carbocycles. The fourth-order valence-corrected chi connectivity index (χ4v) is 4.22. The van der Waals surface area contributed by atoms with E-state index in [-0.39, 0.29) is 17.0 Å².